The molecule has 0 unspecified atom stereocenters. The number of carbonyl (C=O) groups is 4. The standard InChI is InChI=1S/C22H26O9/c1-11(20(27)28)5-7-16-14-9-18(25)21(4,31-13(3)23)19(26)15(14)10-29-22(16)17(24)8-6-12(2)30-22/h5,9-10,12,16-17,24H,6-8H2,1-4H3,(H,27,28)/b11-5+/t12-,16+,17+,21-,22+/m0/s1. The van der Waals surface area contributed by atoms with Gasteiger partial charge in [0.2, 0.25) is 23.0 Å². The van der Waals surface area contributed by atoms with Crippen LogP contribution in [0, 0.1) is 5.92 Å². The van der Waals surface area contributed by atoms with Gasteiger partial charge in [0.25, 0.3) is 0 Å². The lowest BCUT2D eigenvalue weighted by molar-refractivity contribution is -0.320. The Morgan fingerprint density at radius 2 is 1.97 bits per heavy atom. The van der Waals surface area contributed by atoms with Gasteiger partial charge < -0.3 is 24.4 Å². The number of allylic oxidation sites excluding steroid dienone is 1. The maximum Gasteiger partial charge on any atom is 0.330 e. The zero-order valence-corrected chi connectivity index (χ0v) is 17.8. The first-order chi connectivity index (χ1) is 14.4. The van der Waals surface area contributed by atoms with Gasteiger partial charge in [-0.25, -0.2) is 4.79 Å². The lowest BCUT2D eigenvalue weighted by Gasteiger charge is -2.51. The topological polar surface area (TPSA) is 136 Å². The SMILES string of the molecule is CC(=O)O[C@@]1(C)C(=O)C=C2C(=CO[C@@]3(O[C@@H](C)CC[C@H]3O)[C@@H]2C/C=C(\C)C(=O)O)C1=O. The molecule has 0 radical (unpaired) electrons. The molecule has 31 heavy (non-hydrogen) atoms. The van der Waals surface area contributed by atoms with E-state index in [1.165, 1.54) is 26.0 Å². The van der Waals surface area contributed by atoms with Gasteiger partial charge in [0, 0.05) is 12.5 Å². The van der Waals surface area contributed by atoms with Crippen molar-refractivity contribution in [1.82, 2.24) is 0 Å². The van der Waals surface area contributed by atoms with Crippen LogP contribution in [-0.2, 0) is 33.4 Å². The molecule has 0 bridgehead atoms. The highest BCUT2D eigenvalue weighted by atomic mass is 16.7. The van der Waals surface area contributed by atoms with Crippen molar-refractivity contribution in [2.24, 2.45) is 5.92 Å². The van der Waals surface area contributed by atoms with Gasteiger partial charge in [-0.2, -0.15) is 0 Å². The van der Waals surface area contributed by atoms with Crippen LogP contribution in [0.1, 0.15) is 47.0 Å². The van der Waals surface area contributed by atoms with Crippen molar-refractivity contribution < 1.29 is 43.6 Å². The van der Waals surface area contributed by atoms with Crippen LogP contribution in [0.15, 0.2) is 35.1 Å². The van der Waals surface area contributed by atoms with E-state index >= 15 is 0 Å². The maximum atomic E-state index is 13.1. The van der Waals surface area contributed by atoms with Crippen LogP contribution in [0.3, 0.4) is 0 Å². The smallest absolute Gasteiger partial charge is 0.330 e. The maximum absolute atomic E-state index is 13.1. The van der Waals surface area contributed by atoms with E-state index in [1.54, 1.807) is 0 Å². The van der Waals surface area contributed by atoms with Crippen molar-refractivity contribution in [2.75, 3.05) is 0 Å². The van der Waals surface area contributed by atoms with E-state index in [-0.39, 0.29) is 29.2 Å². The van der Waals surface area contributed by atoms with Crippen molar-refractivity contribution in [2.45, 2.75) is 70.6 Å². The van der Waals surface area contributed by atoms with Crippen LogP contribution in [-0.4, -0.2) is 57.3 Å². The third kappa shape index (κ3) is 3.83. The zero-order valence-electron chi connectivity index (χ0n) is 17.8. The van der Waals surface area contributed by atoms with Crippen LogP contribution in [0.2, 0.25) is 0 Å². The predicted molar refractivity (Wildman–Crippen MR) is 105 cm³/mol. The number of carbonyl (C=O) groups excluding carboxylic acids is 3. The van der Waals surface area contributed by atoms with E-state index in [2.05, 4.69) is 0 Å². The lowest BCUT2D eigenvalue weighted by Crippen LogP contribution is -2.60. The second kappa shape index (κ2) is 8.05. The first-order valence-corrected chi connectivity index (χ1v) is 10.1. The van der Waals surface area contributed by atoms with Gasteiger partial charge >= 0.3 is 11.9 Å². The molecule has 2 heterocycles. The summed E-state index contributed by atoms with van der Waals surface area (Å²) in [5.74, 6) is -5.80. The number of aliphatic carboxylic acids is 1. The summed E-state index contributed by atoms with van der Waals surface area (Å²) in [4.78, 5) is 48.8. The number of carboxylic acids is 1. The minimum Gasteiger partial charge on any atom is -0.478 e. The molecule has 1 spiro atoms. The number of esters is 1. The Hall–Kier alpha value is -2.78. The Morgan fingerprint density at radius 3 is 2.58 bits per heavy atom. The summed E-state index contributed by atoms with van der Waals surface area (Å²) >= 11 is 0. The fraction of sp³-hybridized carbons (Fsp3) is 0.545. The number of aliphatic hydroxyl groups is 1. The molecule has 3 rings (SSSR count). The van der Waals surface area contributed by atoms with E-state index in [1.807, 2.05) is 6.92 Å². The van der Waals surface area contributed by atoms with Gasteiger partial charge in [-0.1, -0.05) is 6.08 Å². The molecule has 0 saturated carbocycles. The van der Waals surface area contributed by atoms with Crippen LogP contribution >= 0.6 is 0 Å². The minimum atomic E-state index is -2.02. The molecule has 0 aromatic carbocycles. The van der Waals surface area contributed by atoms with Crippen LogP contribution in [0.5, 0.6) is 0 Å². The third-order valence-corrected chi connectivity index (χ3v) is 6.01. The molecule has 0 aromatic rings. The molecule has 5 atom stereocenters. The normalized spacial score (nSPS) is 35.6. The van der Waals surface area contributed by atoms with Crippen LogP contribution in [0.25, 0.3) is 0 Å². The first kappa shape index (κ1) is 22.9. The number of ether oxygens (including phenoxy) is 3. The second-order valence-corrected chi connectivity index (χ2v) is 8.29. The van der Waals surface area contributed by atoms with Crippen molar-refractivity contribution in [3.05, 3.63) is 35.1 Å². The Labute approximate surface area is 179 Å². The van der Waals surface area contributed by atoms with Crippen LogP contribution in [0.4, 0.5) is 0 Å². The molecule has 1 aliphatic carbocycles. The number of fused-ring (bicyclic) bond motifs is 1. The molecule has 0 aromatic heterocycles. The van der Waals surface area contributed by atoms with Gasteiger partial charge in [-0.15, -0.1) is 0 Å². The second-order valence-electron chi connectivity index (χ2n) is 8.29. The average molecular weight is 434 g/mol. The molecule has 1 fully saturated rings. The predicted octanol–water partition coefficient (Wildman–Crippen LogP) is 1.59. The molecule has 9 nitrogen and oxygen atoms in total. The molecule has 2 N–H and O–H groups in total. The van der Waals surface area contributed by atoms with E-state index in [4.69, 9.17) is 14.2 Å². The molecule has 1 saturated heterocycles. The van der Waals surface area contributed by atoms with Gasteiger partial charge in [0.1, 0.15) is 6.10 Å². The summed E-state index contributed by atoms with van der Waals surface area (Å²) in [5, 5.41) is 20.0. The fourth-order valence-corrected chi connectivity index (χ4v) is 4.24. The summed E-state index contributed by atoms with van der Waals surface area (Å²) in [6.07, 6.45) is 3.41. The zero-order chi connectivity index (χ0) is 23.1. The summed E-state index contributed by atoms with van der Waals surface area (Å²) < 4.78 is 16.9. The van der Waals surface area contributed by atoms with Crippen molar-refractivity contribution in [3.63, 3.8) is 0 Å². The third-order valence-electron chi connectivity index (χ3n) is 6.01. The average Bonchev–Trinajstić information content (AvgIpc) is 2.68. The Bertz CT molecular complexity index is 927. The molecule has 0 amide bonds. The number of rotatable bonds is 4. The van der Waals surface area contributed by atoms with Crippen molar-refractivity contribution in [3.8, 4) is 0 Å². The number of carboxylic acid groups (broad SMARTS) is 1. The molecular weight excluding hydrogens is 408 g/mol. The van der Waals surface area contributed by atoms with Gasteiger partial charge in [-0.05, 0) is 51.7 Å². The minimum absolute atomic E-state index is 0.0226. The van der Waals surface area contributed by atoms with E-state index in [0.29, 0.717) is 12.8 Å². The molecule has 9 heteroatoms. The summed E-state index contributed by atoms with van der Waals surface area (Å²) in [5.41, 5.74) is -1.68. The highest BCUT2D eigenvalue weighted by Crippen LogP contribution is 2.49. The van der Waals surface area contributed by atoms with Crippen molar-refractivity contribution in [1.29, 1.82) is 0 Å². The molecule has 168 valence electrons. The van der Waals surface area contributed by atoms with Crippen LogP contribution < -0.4 is 0 Å². The highest BCUT2D eigenvalue weighted by Gasteiger charge is 2.59. The molecular formula is C22H26O9. The number of aliphatic hydroxyl groups excluding tert-OH is 1. The Balaban J connectivity index is 2.12. The monoisotopic (exact) mass is 434 g/mol. The fourth-order valence-electron chi connectivity index (χ4n) is 4.24. The quantitative estimate of drug-likeness (QED) is 0.384. The number of Topliss-reactive ketones (excluding diaryl/α,β-unsaturated/α-hetero) is 1. The molecule has 2 aliphatic heterocycles. The largest absolute Gasteiger partial charge is 0.478 e. The summed E-state index contributed by atoms with van der Waals surface area (Å²) in [6.45, 7) is 5.55. The van der Waals surface area contributed by atoms with Gasteiger partial charge in [0.15, 0.2) is 0 Å². The lowest BCUT2D eigenvalue weighted by atomic mass is 9.70. The Morgan fingerprint density at radius 1 is 1.29 bits per heavy atom. The number of hydrogen-bond acceptors (Lipinski definition) is 8. The van der Waals surface area contributed by atoms with Crippen molar-refractivity contribution >= 4 is 23.5 Å². The van der Waals surface area contributed by atoms with Gasteiger partial charge in [0.05, 0.1) is 23.9 Å². The van der Waals surface area contributed by atoms with E-state index < -0.39 is 46.9 Å². The highest BCUT2D eigenvalue weighted by molar-refractivity contribution is 6.26. The molecule has 3 aliphatic rings. The summed E-state index contributed by atoms with van der Waals surface area (Å²) in [6, 6.07) is 0. The Kier molecular flexibility index (Phi) is 5.94. The van der Waals surface area contributed by atoms with E-state index in [9.17, 15) is 29.4 Å². The summed E-state index contributed by atoms with van der Waals surface area (Å²) in [7, 11) is 0. The first-order valence-electron chi connectivity index (χ1n) is 10.1. The number of hydrogen-bond donors (Lipinski definition) is 2. The van der Waals surface area contributed by atoms with Gasteiger partial charge in [-0.3, -0.25) is 14.4 Å². The van der Waals surface area contributed by atoms with E-state index in [0.717, 1.165) is 13.2 Å². The number of ketones is 2.